The van der Waals surface area contributed by atoms with E-state index in [1.165, 1.54) is 12.8 Å². The molecule has 0 aliphatic rings. The molecule has 0 radical (unpaired) electrons. The molecule has 96 valence electrons. The smallest absolute Gasteiger partial charge is 0.192 e. The van der Waals surface area contributed by atoms with Gasteiger partial charge in [-0.1, -0.05) is 47.1 Å². The summed E-state index contributed by atoms with van der Waals surface area (Å²) in [5.41, 5.74) is 0. The molecule has 0 aromatic rings. The maximum atomic E-state index is 6.39. The van der Waals surface area contributed by atoms with Crippen LogP contribution in [-0.2, 0) is 4.43 Å². The van der Waals surface area contributed by atoms with Gasteiger partial charge < -0.3 is 4.43 Å². The molecule has 0 aromatic carbocycles. The van der Waals surface area contributed by atoms with Crippen LogP contribution < -0.4 is 0 Å². The summed E-state index contributed by atoms with van der Waals surface area (Å²) >= 11 is 0. The lowest BCUT2D eigenvalue weighted by atomic mass is 10.00. The highest BCUT2D eigenvalue weighted by atomic mass is 28.4. The molecule has 0 aromatic heterocycles. The van der Waals surface area contributed by atoms with E-state index >= 15 is 0 Å². The Morgan fingerprint density at radius 3 is 2.12 bits per heavy atom. The Hall–Kier alpha value is -0.0831. The Bertz CT molecular complexity index is 215. The van der Waals surface area contributed by atoms with Gasteiger partial charge in [0.2, 0.25) is 0 Å². The van der Waals surface area contributed by atoms with Gasteiger partial charge in [0.05, 0.1) is 6.10 Å². The normalized spacial score (nSPS) is 16.9. The van der Waals surface area contributed by atoms with E-state index in [2.05, 4.69) is 54.3 Å². The average molecular weight is 242 g/mol. The van der Waals surface area contributed by atoms with Crippen LogP contribution in [0.25, 0.3) is 0 Å². The highest BCUT2D eigenvalue weighted by molar-refractivity contribution is 6.74. The first-order chi connectivity index (χ1) is 7.15. The Labute approximate surface area is 103 Å². The summed E-state index contributed by atoms with van der Waals surface area (Å²) in [5.74, 6) is 0.580. The molecular weight excluding hydrogens is 212 g/mol. The third-order valence-corrected chi connectivity index (χ3v) is 8.25. The monoisotopic (exact) mass is 242 g/mol. The first kappa shape index (κ1) is 15.9. The van der Waals surface area contributed by atoms with Crippen LogP contribution in [-0.4, -0.2) is 14.4 Å². The third kappa shape index (κ3) is 4.42. The summed E-state index contributed by atoms with van der Waals surface area (Å²) in [4.78, 5) is 0. The topological polar surface area (TPSA) is 9.23 Å². The number of hydrogen-bond acceptors (Lipinski definition) is 1. The predicted octanol–water partition coefficient (Wildman–Crippen LogP) is 5.00. The largest absolute Gasteiger partial charge is 0.410 e. The van der Waals surface area contributed by atoms with Crippen molar-refractivity contribution in [1.29, 1.82) is 0 Å². The standard InChI is InChI=1S/C14H30OSi/c1-9-11-12(3)13(10-2)15-16(7,8)14(4,5)6/h10,12-13H,2,9,11H2,1,3-8H3/t12-,13-/m0/s1. The van der Waals surface area contributed by atoms with E-state index in [4.69, 9.17) is 4.43 Å². The lowest BCUT2D eigenvalue weighted by Gasteiger charge is -2.40. The molecule has 0 saturated heterocycles. The number of hydrogen-bond donors (Lipinski definition) is 0. The first-order valence-electron chi connectivity index (χ1n) is 6.46. The molecule has 0 aliphatic carbocycles. The van der Waals surface area contributed by atoms with Crippen LogP contribution in [0.5, 0.6) is 0 Å². The van der Waals surface area contributed by atoms with Gasteiger partial charge >= 0.3 is 0 Å². The fraction of sp³-hybridized carbons (Fsp3) is 0.857. The van der Waals surface area contributed by atoms with Gasteiger partial charge in [-0.3, -0.25) is 0 Å². The van der Waals surface area contributed by atoms with Crippen LogP contribution in [0, 0.1) is 5.92 Å². The molecule has 2 atom stereocenters. The van der Waals surface area contributed by atoms with Crippen molar-refractivity contribution in [3.63, 3.8) is 0 Å². The van der Waals surface area contributed by atoms with Gasteiger partial charge in [-0.15, -0.1) is 6.58 Å². The van der Waals surface area contributed by atoms with Gasteiger partial charge in [0.1, 0.15) is 0 Å². The van der Waals surface area contributed by atoms with Crippen LogP contribution in [0.15, 0.2) is 12.7 Å². The van der Waals surface area contributed by atoms with Crippen LogP contribution in [0.2, 0.25) is 18.1 Å². The molecule has 0 N–H and O–H groups in total. The van der Waals surface area contributed by atoms with E-state index < -0.39 is 8.32 Å². The van der Waals surface area contributed by atoms with Crippen LogP contribution in [0.4, 0.5) is 0 Å². The second kappa shape index (κ2) is 6.01. The summed E-state index contributed by atoms with van der Waals surface area (Å²) in [7, 11) is -1.65. The van der Waals surface area contributed by atoms with Gasteiger partial charge in [0.15, 0.2) is 8.32 Å². The van der Waals surface area contributed by atoms with Crippen molar-refractivity contribution in [2.75, 3.05) is 0 Å². The van der Waals surface area contributed by atoms with Gasteiger partial charge in [-0.05, 0) is 30.5 Å². The molecular formula is C14H30OSi. The Morgan fingerprint density at radius 1 is 1.31 bits per heavy atom. The lowest BCUT2D eigenvalue weighted by molar-refractivity contribution is 0.163. The summed E-state index contributed by atoms with van der Waals surface area (Å²) in [6.45, 7) is 19.9. The Morgan fingerprint density at radius 2 is 1.81 bits per heavy atom. The van der Waals surface area contributed by atoms with Crippen molar-refractivity contribution in [3.8, 4) is 0 Å². The molecule has 0 aliphatic heterocycles. The minimum Gasteiger partial charge on any atom is -0.410 e. The van der Waals surface area contributed by atoms with E-state index in [9.17, 15) is 0 Å². The highest BCUT2D eigenvalue weighted by Gasteiger charge is 2.39. The van der Waals surface area contributed by atoms with Gasteiger partial charge in [-0.2, -0.15) is 0 Å². The van der Waals surface area contributed by atoms with Crippen molar-refractivity contribution in [2.45, 2.75) is 71.7 Å². The van der Waals surface area contributed by atoms with Crippen LogP contribution >= 0.6 is 0 Å². The molecule has 0 amide bonds. The lowest BCUT2D eigenvalue weighted by Crippen LogP contribution is -2.44. The number of rotatable bonds is 6. The molecule has 0 saturated carbocycles. The zero-order chi connectivity index (χ0) is 13.0. The molecule has 2 heteroatoms. The van der Waals surface area contributed by atoms with E-state index in [-0.39, 0.29) is 11.1 Å². The molecule has 0 heterocycles. The van der Waals surface area contributed by atoms with Crippen LogP contribution in [0.1, 0.15) is 47.5 Å². The van der Waals surface area contributed by atoms with E-state index in [0.717, 1.165) is 0 Å². The first-order valence-corrected chi connectivity index (χ1v) is 9.37. The van der Waals surface area contributed by atoms with Crippen molar-refractivity contribution >= 4 is 8.32 Å². The molecule has 16 heavy (non-hydrogen) atoms. The SMILES string of the molecule is C=C[C@H](O[Si](C)(C)C(C)(C)C)[C@@H](C)CCC. The summed E-state index contributed by atoms with van der Waals surface area (Å²) in [6, 6.07) is 0. The fourth-order valence-electron chi connectivity index (χ4n) is 1.53. The Balaban J connectivity index is 4.60. The molecule has 0 fully saturated rings. The van der Waals surface area contributed by atoms with Gasteiger partial charge in [0, 0.05) is 0 Å². The van der Waals surface area contributed by atoms with E-state index in [1.54, 1.807) is 0 Å². The predicted molar refractivity (Wildman–Crippen MR) is 76.3 cm³/mol. The molecule has 1 nitrogen and oxygen atoms in total. The quantitative estimate of drug-likeness (QED) is 0.470. The van der Waals surface area contributed by atoms with E-state index in [0.29, 0.717) is 5.92 Å². The minimum atomic E-state index is -1.65. The minimum absolute atomic E-state index is 0.223. The second-order valence-electron chi connectivity index (χ2n) is 6.34. The summed E-state index contributed by atoms with van der Waals surface area (Å²) < 4.78 is 6.39. The third-order valence-electron chi connectivity index (χ3n) is 3.77. The summed E-state index contributed by atoms with van der Waals surface area (Å²) in [5, 5.41) is 0.278. The maximum Gasteiger partial charge on any atom is 0.192 e. The molecule has 0 bridgehead atoms. The molecule has 0 spiro atoms. The Kier molecular flexibility index (Phi) is 5.98. The zero-order valence-electron chi connectivity index (χ0n) is 12.3. The summed E-state index contributed by atoms with van der Waals surface area (Å²) in [6.07, 6.45) is 4.64. The average Bonchev–Trinajstić information content (AvgIpc) is 2.12. The highest BCUT2D eigenvalue weighted by Crippen LogP contribution is 2.38. The van der Waals surface area contributed by atoms with Gasteiger partial charge in [-0.25, -0.2) is 0 Å². The van der Waals surface area contributed by atoms with Gasteiger partial charge in [0.25, 0.3) is 0 Å². The molecule has 0 unspecified atom stereocenters. The van der Waals surface area contributed by atoms with E-state index in [1.807, 2.05) is 6.08 Å². The van der Waals surface area contributed by atoms with Crippen molar-refractivity contribution in [2.24, 2.45) is 5.92 Å². The van der Waals surface area contributed by atoms with Crippen molar-refractivity contribution in [1.82, 2.24) is 0 Å². The molecule has 0 rings (SSSR count). The second-order valence-corrected chi connectivity index (χ2v) is 11.1. The maximum absolute atomic E-state index is 6.39. The fourth-order valence-corrected chi connectivity index (χ4v) is 2.90. The van der Waals surface area contributed by atoms with Crippen molar-refractivity contribution < 1.29 is 4.43 Å². The van der Waals surface area contributed by atoms with Crippen LogP contribution in [0.3, 0.4) is 0 Å². The van der Waals surface area contributed by atoms with Crippen molar-refractivity contribution in [3.05, 3.63) is 12.7 Å². The zero-order valence-corrected chi connectivity index (χ0v) is 13.3.